The van der Waals surface area contributed by atoms with Crippen LogP contribution in [0.3, 0.4) is 0 Å². The molecular formula is C27H48N3O6P. The zero-order valence-corrected chi connectivity index (χ0v) is 24.4. The number of nitrogens with zero attached hydrogens (tertiary/aromatic N) is 1. The van der Waals surface area contributed by atoms with Crippen molar-refractivity contribution in [3.63, 3.8) is 0 Å². The SMILES string of the molecule is C=C[C@@H]1C[C@]1(NC(=O)[C@@H]1CCCN1C(=O)C(NC(=O)OC(C)CCCC)C(C)(C)C)P(=O)(O)CCCC. The molecule has 212 valence electrons. The minimum absolute atomic E-state index is 0.135. The van der Waals surface area contributed by atoms with Crippen LogP contribution in [0.15, 0.2) is 12.7 Å². The summed E-state index contributed by atoms with van der Waals surface area (Å²) in [5.74, 6) is -1.06. The molecule has 3 unspecified atom stereocenters. The number of amides is 3. The third kappa shape index (κ3) is 7.60. The van der Waals surface area contributed by atoms with Crippen molar-refractivity contribution in [2.75, 3.05) is 12.7 Å². The van der Waals surface area contributed by atoms with Crippen LogP contribution in [0, 0.1) is 11.3 Å². The van der Waals surface area contributed by atoms with Crippen molar-refractivity contribution in [1.29, 1.82) is 0 Å². The van der Waals surface area contributed by atoms with Gasteiger partial charge in [-0.25, -0.2) is 4.79 Å². The summed E-state index contributed by atoms with van der Waals surface area (Å²) in [4.78, 5) is 52.1. The van der Waals surface area contributed by atoms with Gasteiger partial charge in [0.1, 0.15) is 23.5 Å². The minimum atomic E-state index is -3.68. The number of alkyl carbamates (subject to hydrolysis) is 1. The summed E-state index contributed by atoms with van der Waals surface area (Å²) in [6.45, 7) is 15.5. The Labute approximate surface area is 222 Å². The average molecular weight is 542 g/mol. The molecule has 9 nitrogen and oxygen atoms in total. The van der Waals surface area contributed by atoms with E-state index in [1.165, 1.54) is 4.90 Å². The van der Waals surface area contributed by atoms with Crippen molar-refractivity contribution in [3.05, 3.63) is 12.7 Å². The Morgan fingerprint density at radius 1 is 1.24 bits per heavy atom. The second-order valence-corrected chi connectivity index (χ2v) is 14.4. The third-order valence-corrected chi connectivity index (χ3v) is 10.3. The molecule has 0 radical (unpaired) electrons. The molecule has 3 N–H and O–H groups in total. The lowest BCUT2D eigenvalue weighted by atomic mass is 9.85. The normalized spacial score (nSPS) is 26.5. The van der Waals surface area contributed by atoms with Gasteiger partial charge in [-0.1, -0.05) is 60.0 Å². The van der Waals surface area contributed by atoms with Crippen LogP contribution in [0.2, 0.25) is 0 Å². The maximum atomic E-state index is 13.7. The van der Waals surface area contributed by atoms with E-state index in [1.807, 2.05) is 34.6 Å². The van der Waals surface area contributed by atoms with Crippen LogP contribution in [0.5, 0.6) is 0 Å². The second-order valence-electron chi connectivity index (χ2n) is 11.7. The number of likely N-dealkylation sites (tertiary alicyclic amines) is 1. The smallest absolute Gasteiger partial charge is 0.408 e. The third-order valence-electron chi connectivity index (χ3n) is 7.53. The van der Waals surface area contributed by atoms with E-state index >= 15 is 0 Å². The molecule has 37 heavy (non-hydrogen) atoms. The van der Waals surface area contributed by atoms with Gasteiger partial charge in [0, 0.05) is 18.6 Å². The first kappa shape index (κ1) is 31.4. The number of rotatable bonds is 13. The number of ether oxygens (including phenoxy) is 1. The van der Waals surface area contributed by atoms with E-state index in [4.69, 9.17) is 4.74 Å². The summed E-state index contributed by atoms with van der Waals surface area (Å²) >= 11 is 0. The fraction of sp³-hybridized carbons (Fsp3) is 0.815. The van der Waals surface area contributed by atoms with Crippen molar-refractivity contribution >= 4 is 25.3 Å². The highest BCUT2D eigenvalue weighted by atomic mass is 31.2. The molecule has 2 aliphatic rings. The fourth-order valence-corrected chi connectivity index (χ4v) is 7.59. The maximum Gasteiger partial charge on any atom is 0.408 e. The van der Waals surface area contributed by atoms with Crippen LogP contribution in [-0.2, 0) is 18.9 Å². The monoisotopic (exact) mass is 541 g/mol. The molecule has 0 spiro atoms. The van der Waals surface area contributed by atoms with Crippen molar-refractivity contribution in [2.24, 2.45) is 11.3 Å². The molecule has 1 saturated carbocycles. The highest BCUT2D eigenvalue weighted by Gasteiger charge is 2.65. The zero-order valence-electron chi connectivity index (χ0n) is 23.5. The summed E-state index contributed by atoms with van der Waals surface area (Å²) in [5.41, 5.74) is -0.626. The first-order valence-corrected chi connectivity index (χ1v) is 15.6. The number of hydrogen-bond acceptors (Lipinski definition) is 5. The van der Waals surface area contributed by atoms with Gasteiger partial charge >= 0.3 is 6.09 Å². The van der Waals surface area contributed by atoms with Gasteiger partial charge in [0.15, 0.2) is 0 Å². The van der Waals surface area contributed by atoms with Crippen molar-refractivity contribution in [3.8, 4) is 0 Å². The molecule has 2 fully saturated rings. The van der Waals surface area contributed by atoms with Crippen LogP contribution in [-0.4, -0.2) is 63.9 Å². The Morgan fingerprint density at radius 3 is 2.43 bits per heavy atom. The predicted molar refractivity (Wildman–Crippen MR) is 145 cm³/mol. The van der Waals surface area contributed by atoms with E-state index in [0.29, 0.717) is 32.2 Å². The van der Waals surface area contributed by atoms with E-state index in [0.717, 1.165) is 25.7 Å². The molecule has 0 aromatic rings. The molecule has 10 heteroatoms. The van der Waals surface area contributed by atoms with Crippen molar-refractivity contribution < 1.29 is 28.6 Å². The molecule has 1 saturated heterocycles. The highest BCUT2D eigenvalue weighted by Crippen LogP contribution is 2.69. The quantitative estimate of drug-likeness (QED) is 0.228. The number of carbonyl (C=O) groups excluding carboxylic acids is 3. The summed E-state index contributed by atoms with van der Waals surface area (Å²) in [6, 6.07) is -1.66. The van der Waals surface area contributed by atoms with Crippen LogP contribution in [0.4, 0.5) is 4.79 Å². The summed E-state index contributed by atoms with van der Waals surface area (Å²) < 4.78 is 18.7. The van der Waals surface area contributed by atoms with Crippen LogP contribution in [0.25, 0.3) is 0 Å². The standard InChI is InChI=1S/C27H48N3O6P/c1-8-11-14-19(4)36-25(33)28-22(26(5,6)7)24(32)30-16-13-15-21(30)23(31)29-27(18-20(27)10-3)37(34,35)17-12-9-2/h10,19-22H,3,8-9,11-18H2,1-2,4-7H3,(H,28,33)(H,29,31)(H,34,35)/t19?,20-,21+,22?,27+/m1/s1. The van der Waals surface area contributed by atoms with E-state index in [1.54, 1.807) is 6.08 Å². The zero-order chi connectivity index (χ0) is 28.0. The molecule has 0 aromatic heterocycles. The number of hydrogen-bond donors (Lipinski definition) is 3. The lowest BCUT2D eigenvalue weighted by Gasteiger charge is -2.36. The number of unbranched alkanes of at least 4 members (excludes halogenated alkanes) is 2. The van der Waals surface area contributed by atoms with Gasteiger partial charge in [-0.3, -0.25) is 14.2 Å². The number of carbonyl (C=O) groups is 3. The average Bonchev–Trinajstić information content (AvgIpc) is 3.32. The molecule has 0 aromatic carbocycles. The van der Waals surface area contributed by atoms with Crippen LogP contribution < -0.4 is 10.6 Å². The first-order chi connectivity index (χ1) is 17.2. The maximum absolute atomic E-state index is 13.7. The van der Waals surface area contributed by atoms with E-state index in [-0.39, 0.29) is 24.1 Å². The Hall–Kier alpha value is -1.86. The Morgan fingerprint density at radius 2 is 1.89 bits per heavy atom. The van der Waals surface area contributed by atoms with E-state index in [9.17, 15) is 23.8 Å². The topological polar surface area (TPSA) is 125 Å². The molecule has 3 amide bonds. The molecule has 1 aliphatic heterocycles. The second kappa shape index (κ2) is 12.8. The Kier molecular flexibility index (Phi) is 10.8. The Bertz CT molecular complexity index is 888. The summed E-state index contributed by atoms with van der Waals surface area (Å²) in [7, 11) is -3.68. The van der Waals surface area contributed by atoms with Gasteiger partial charge < -0.3 is 25.2 Å². The molecule has 2 rings (SSSR count). The van der Waals surface area contributed by atoms with Crippen LogP contribution >= 0.6 is 7.37 Å². The first-order valence-electron chi connectivity index (χ1n) is 13.8. The van der Waals surface area contributed by atoms with Gasteiger partial charge in [-0.2, -0.15) is 0 Å². The number of nitrogens with one attached hydrogen (secondary N) is 2. The molecule has 0 bridgehead atoms. The largest absolute Gasteiger partial charge is 0.447 e. The van der Waals surface area contributed by atoms with Crippen molar-refractivity contribution in [1.82, 2.24) is 15.5 Å². The Balaban J connectivity index is 2.16. The van der Waals surface area contributed by atoms with E-state index in [2.05, 4.69) is 24.1 Å². The molecular weight excluding hydrogens is 493 g/mol. The summed E-state index contributed by atoms with van der Waals surface area (Å²) in [6.07, 6.45) is 6.33. The van der Waals surface area contributed by atoms with E-state index < -0.39 is 42.1 Å². The molecule has 6 atom stereocenters. The van der Waals surface area contributed by atoms with Gasteiger partial charge in [0.05, 0.1) is 0 Å². The van der Waals surface area contributed by atoms with Gasteiger partial charge in [-0.05, 0) is 44.4 Å². The molecule has 1 aliphatic carbocycles. The molecule has 1 heterocycles. The fourth-order valence-electron chi connectivity index (χ4n) is 5.06. The predicted octanol–water partition coefficient (Wildman–Crippen LogP) is 4.79. The van der Waals surface area contributed by atoms with Gasteiger partial charge in [0.2, 0.25) is 19.2 Å². The lowest BCUT2D eigenvalue weighted by molar-refractivity contribution is -0.142. The summed E-state index contributed by atoms with van der Waals surface area (Å²) in [5, 5.41) is 4.41. The highest BCUT2D eigenvalue weighted by molar-refractivity contribution is 7.60. The van der Waals surface area contributed by atoms with Gasteiger partial charge in [-0.15, -0.1) is 6.58 Å². The van der Waals surface area contributed by atoms with Crippen LogP contribution in [0.1, 0.15) is 92.9 Å². The van der Waals surface area contributed by atoms with Gasteiger partial charge in [0.25, 0.3) is 0 Å². The van der Waals surface area contributed by atoms with Crippen molar-refractivity contribution in [2.45, 2.75) is 116 Å². The minimum Gasteiger partial charge on any atom is -0.447 e. The lowest BCUT2D eigenvalue weighted by Crippen LogP contribution is -2.58.